The Morgan fingerprint density at radius 1 is 1.30 bits per heavy atom. The van der Waals surface area contributed by atoms with Gasteiger partial charge in [0.15, 0.2) is 9.84 Å². The molecule has 1 unspecified atom stereocenters. The van der Waals surface area contributed by atoms with Gasteiger partial charge in [-0.05, 0) is 18.6 Å². The van der Waals surface area contributed by atoms with Gasteiger partial charge in [-0.2, -0.15) is 0 Å². The topological polar surface area (TPSA) is 118 Å². The van der Waals surface area contributed by atoms with E-state index >= 15 is 0 Å². The second-order valence-electron chi connectivity index (χ2n) is 5.53. The number of carbonyl (C=O) groups excluding carboxylic acids is 1. The largest absolute Gasteiger partial charge is 0.351 e. The van der Waals surface area contributed by atoms with Crippen molar-refractivity contribution in [2.45, 2.75) is 19.0 Å². The van der Waals surface area contributed by atoms with E-state index in [9.17, 15) is 22.8 Å². The van der Waals surface area contributed by atoms with Crippen molar-refractivity contribution in [2.75, 3.05) is 11.5 Å². The Hall–Kier alpha value is -2.42. The molecule has 1 aliphatic rings. The number of carbonyl (C=O) groups is 1. The fourth-order valence-corrected chi connectivity index (χ4v) is 4.38. The number of aromatic amines is 1. The zero-order valence-electron chi connectivity index (χ0n) is 12.1. The summed E-state index contributed by atoms with van der Waals surface area (Å²) < 4.78 is 23.9. The van der Waals surface area contributed by atoms with Crippen LogP contribution in [-0.2, 0) is 21.2 Å². The maximum absolute atomic E-state index is 12.1. The van der Waals surface area contributed by atoms with Crippen molar-refractivity contribution in [1.29, 1.82) is 0 Å². The second-order valence-corrected chi connectivity index (χ2v) is 7.76. The summed E-state index contributed by atoms with van der Waals surface area (Å²) in [4.78, 5) is 38.2. The van der Waals surface area contributed by atoms with Gasteiger partial charge in [-0.25, -0.2) is 8.42 Å². The molecule has 2 heterocycles. The normalized spacial score (nSPS) is 19.7. The molecule has 0 spiro atoms. The minimum atomic E-state index is -3.10. The SMILES string of the molecule is O=C(Cn1c(=O)c(=O)[nH]c2ccccc21)NC1CCS(=O)(=O)C1. The van der Waals surface area contributed by atoms with E-state index in [-0.39, 0.29) is 18.1 Å². The quantitative estimate of drug-likeness (QED) is 0.696. The summed E-state index contributed by atoms with van der Waals surface area (Å²) in [5, 5.41) is 2.60. The number of hydrogen-bond acceptors (Lipinski definition) is 5. The lowest BCUT2D eigenvalue weighted by Crippen LogP contribution is -2.43. The fraction of sp³-hybridized carbons (Fsp3) is 0.357. The Labute approximate surface area is 131 Å². The smallest absolute Gasteiger partial charge is 0.317 e. The summed E-state index contributed by atoms with van der Waals surface area (Å²) in [7, 11) is -3.10. The monoisotopic (exact) mass is 337 g/mol. The molecule has 3 rings (SSSR count). The first-order valence-corrected chi connectivity index (χ1v) is 8.89. The highest BCUT2D eigenvalue weighted by atomic mass is 32.2. The first kappa shape index (κ1) is 15.5. The molecular weight excluding hydrogens is 322 g/mol. The van der Waals surface area contributed by atoms with Gasteiger partial charge in [0.25, 0.3) is 0 Å². The van der Waals surface area contributed by atoms with E-state index in [1.54, 1.807) is 24.3 Å². The number of para-hydroxylation sites is 2. The third-order valence-corrected chi connectivity index (χ3v) is 5.55. The second kappa shape index (κ2) is 5.65. The number of nitrogens with one attached hydrogen (secondary N) is 2. The van der Waals surface area contributed by atoms with Crippen molar-refractivity contribution in [2.24, 2.45) is 0 Å². The third-order valence-electron chi connectivity index (χ3n) is 3.78. The number of fused-ring (bicyclic) bond motifs is 1. The summed E-state index contributed by atoms with van der Waals surface area (Å²) in [6.45, 7) is -0.334. The molecule has 0 saturated carbocycles. The summed E-state index contributed by atoms with van der Waals surface area (Å²) in [5.74, 6) is -0.541. The average Bonchev–Trinajstić information content (AvgIpc) is 2.82. The van der Waals surface area contributed by atoms with Crippen LogP contribution < -0.4 is 16.4 Å². The van der Waals surface area contributed by atoms with Crippen LogP contribution in [0.2, 0.25) is 0 Å². The lowest BCUT2D eigenvalue weighted by molar-refractivity contribution is -0.122. The summed E-state index contributed by atoms with van der Waals surface area (Å²) >= 11 is 0. The van der Waals surface area contributed by atoms with Crippen molar-refractivity contribution in [3.05, 3.63) is 45.0 Å². The summed E-state index contributed by atoms with van der Waals surface area (Å²) in [6, 6.07) is 6.21. The molecule has 0 radical (unpaired) electrons. The van der Waals surface area contributed by atoms with Gasteiger partial charge < -0.3 is 10.3 Å². The van der Waals surface area contributed by atoms with E-state index < -0.39 is 32.9 Å². The van der Waals surface area contributed by atoms with Crippen molar-refractivity contribution in [1.82, 2.24) is 14.9 Å². The molecule has 0 aliphatic carbocycles. The van der Waals surface area contributed by atoms with Crippen LogP contribution in [0.3, 0.4) is 0 Å². The Kier molecular flexibility index (Phi) is 3.80. The first-order chi connectivity index (χ1) is 10.9. The highest BCUT2D eigenvalue weighted by Crippen LogP contribution is 2.11. The number of rotatable bonds is 3. The molecule has 122 valence electrons. The van der Waals surface area contributed by atoms with Crippen LogP contribution in [0.1, 0.15) is 6.42 Å². The van der Waals surface area contributed by atoms with Crippen molar-refractivity contribution < 1.29 is 13.2 Å². The van der Waals surface area contributed by atoms with E-state index in [0.717, 1.165) is 4.57 Å². The maximum Gasteiger partial charge on any atom is 0.317 e. The molecular formula is C14H15N3O5S. The van der Waals surface area contributed by atoms with Crippen LogP contribution in [0.4, 0.5) is 0 Å². The molecule has 2 N–H and O–H groups in total. The molecule has 1 saturated heterocycles. The Balaban J connectivity index is 1.87. The van der Waals surface area contributed by atoms with Gasteiger partial charge in [0.2, 0.25) is 5.91 Å². The number of amides is 1. The fourth-order valence-electron chi connectivity index (χ4n) is 2.71. The van der Waals surface area contributed by atoms with Crippen LogP contribution in [0, 0.1) is 0 Å². The molecule has 8 nitrogen and oxygen atoms in total. The Morgan fingerprint density at radius 2 is 2.04 bits per heavy atom. The third kappa shape index (κ3) is 3.19. The van der Waals surface area contributed by atoms with Crippen molar-refractivity contribution in [3.63, 3.8) is 0 Å². The van der Waals surface area contributed by atoms with Crippen molar-refractivity contribution in [3.8, 4) is 0 Å². The number of sulfone groups is 1. The van der Waals surface area contributed by atoms with Crippen LogP contribution in [0.25, 0.3) is 11.0 Å². The predicted octanol–water partition coefficient (Wildman–Crippen LogP) is -1.01. The minimum absolute atomic E-state index is 0.0475. The van der Waals surface area contributed by atoms with Crippen LogP contribution in [0.5, 0.6) is 0 Å². The predicted molar refractivity (Wildman–Crippen MR) is 84.0 cm³/mol. The van der Waals surface area contributed by atoms with E-state index in [2.05, 4.69) is 10.3 Å². The Morgan fingerprint density at radius 3 is 2.74 bits per heavy atom. The standard InChI is InChI=1S/C14H15N3O5S/c18-12(15-9-5-6-23(21,22)8-9)7-17-11-4-2-1-3-10(11)16-13(19)14(17)20/h1-4,9H,5-8H2,(H,15,18)(H,16,19). The number of aromatic nitrogens is 2. The molecule has 1 aromatic carbocycles. The molecule has 2 aromatic rings. The van der Waals surface area contributed by atoms with Gasteiger partial charge in [0.1, 0.15) is 6.54 Å². The molecule has 23 heavy (non-hydrogen) atoms. The van der Waals surface area contributed by atoms with E-state index in [1.807, 2.05) is 0 Å². The van der Waals surface area contributed by atoms with E-state index in [4.69, 9.17) is 0 Å². The van der Waals surface area contributed by atoms with Crippen LogP contribution in [0.15, 0.2) is 33.9 Å². The zero-order valence-corrected chi connectivity index (χ0v) is 12.9. The maximum atomic E-state index is 12.1. The highest BCUT2D eigenvalue weighted by Gasteiger charge is 2.29. The van der Waals surface area contributed by atoms with E-state index in [1.165, 1.54) is 0 Å². The van der Waals surface area contributed by atoms with Gasteiger partial charge in [-0.15, -0.1) is 0 Å². The van der Waals surface area contributed by atoms with Crippen LogP contribution >= 0.6 is 0 Å². The number of benzene rings is 1. The van der Waals surface area contributed by atoms with E-state index in [0.29, 0.717) is 17.5 Å². The van der Waals surface area contributed by atoms with Crippen LogP contribution in [-0.4, -0.2) is 41.4 Å². The molecule has 0 bridgehead atoms. The number of hydrogen-bond donors (Lipinski definition) is 2. The molecule has 1 aliphatic heterocycles. The average molecular weight is 337 g/mol. The van der Waals surface area contributed by atoms with Gasteiger partial charge in [-0.1, -0.05) is 12.1 Å². The summed E-state index contributed by atoms with van der Waals surface area (Å²) in [5.41, 5.74) is -0.738. The lowest BCUT2D eigenvalue weighted by atomic mass is 10.2. The molecule has 1 atom stereocenters. The highest BCUT2D eigenvalue weighted by molar-refractivity contribution is 7.91. The minimum Gasteiger partial charge on any atom is -0.351 e. The van der Waals surface area contributed by atoms with Gasteiger partial charge in [0, 0.05) is 6.04 Å². The lowest BCUT2D eigenvalue weighted by Gasteiger charge is -2.13. The molecule has 9 heteroatoms. The van der Waals surface area contributed by atoms with Gasteiger partial charge in [0.05, 0.1) is 22.5 Å². The molecule has 1 aromatic heterocycles. The molecule has 1 amide bonds. The Bertz CT molecular complexity index is 989. The van der Waals surface area contributed by atoms with Crippen molar-refractivity contribution >= 4 is 26.8 Å². The van der Waals surface area contributed by atoms with Gasteiger partial charge >= 0.3 is 11.1 Å². The zero-order chi connectivity index (χ0) is 16.6. The molecule has 1 fully saturated rings. The number of nitrogens with zero attached hydrogens (tertiary/aromatic N) is 1. The van der Waals surface area contributed by atoms with Gasteiger partial charge in [-0.3, -0.25) is 19.0 Å². The summed E-state index contributed by atoms with van der Waals surface area (Å²) in [6.07, 6.45) is 0.360. The first-order valence-electron chi connectivity index (χ1n) is 7.07. The number of H-pyrrole nitrogens is 1.